The monoisotopic (exact) mass is 303 g/mol. The van der Waals surface area contributed by atoms with Crippen molar-refractivity contribution in [2.45, 2.75) is 19.0 Å². The minimum Gasteiger partial charge on any atom is -0.373 e. The van der Waals surface area contributed by atoms with Gasteiger partial charge >= 0.3 is 6.18 Å². The first kappa shape index (κ1) is 15.3. The zero-order valence-electron chi connectivity index (χ0n) is 11.5. The molecule has 6 nitrogen and oxygen atoms in total. The second-order valence-electron chi connectivity index (χ2n) is 4.65. The van der Waals surface area contributed by atoms with Gasteiger partial charge in [0.1, 0.15) is 11.6 Å². The number of alkyl halides is 3. The van der Waals surface area contributed by atoms with Crippen LogP contribution in [-0.4, -0.2) is 47.5 Å². The molecule has 21 heavy (non-hydrogen) atoms. The first-order valence-corrected chi connectivity index (χ1v) is 6.56. The van der Waals surface area contributed by atoms with E-state index in [0.29, 0.717) is 13.1 Å². The van der Waals surface area contributed by atoms with Gasteiger partial charge in [0.05, 0.1) is 6.54 Å². The molecule has 0 aromatic carbocycles. The van der Waals surface area contributed by atoms with Gasteiger partial charge < -0.3 is 15.5 Å². The van der Waals surface area contributed by atoms with E-state index < -0.39 is 12.0 Å². The Morgan fingerprint density at radius 1 is 1.29 bits per heavy atom. The number of aromatic nitrogens is 2. The van der Waals surface area contributed by atoms with Gasteiger partial charge in [0.15, 0.2) is 0 Å². The Labute approximate surface area is 119 Å². The van der Waals surface area contributed by atoms with Crippen LogP contribution in [0.2, 0.25) is 0 Å². The molecule has 1 aliphatic heterocycles. The molecule has 2 heterocycles. The highest BCUT2D eigenvalue weighted by Gasteiger charge is 2.35. The third kappa shape index (κ3) is 3.96. The number of carbonyl (C=O) groups is 1. The van der Waals surface area contributed by atoms with Crippen LogP contribution in [0.15, 0.2) is 6.07 Å². The summed E-state index contributed by atoms with van der Waals surface area (Å²) in [5, 5.41) is 5.16. The van der Waals surface area contributed by atoms with Crippen molar-refractivity contribution in [3.8, 4) is 0 Å². The minimum atomic E-state index is -4.64. The van der Waals surface area contributed by atoms with Crippen LogP contribution in [0.1, 0.15) is 18.7 Å². The normalized spacial score (nSPS) is 15.1. The molecule has 1 amide bonds. The number of hydrogen-bond acceptors (Lipinski definition) is 5. The summed E-state index contributed by atoms with van der Waals surface area (Å²) in [6.45, 7) is 1.30. The van der Waals surface area contributed by atoms with Crippen LogP contribution in [0.3, 0.4) is 0 Å². The van der Waals surface area contributed by atoms with E-state index in [1.54, 1.807) is 4.90 Å². The van der Waals surface area contributed by atoms with E-state index >= 15 is 0 Å². The van der Waals surface area contributed by atoms with Crippen LogP contribution in [0.5, 0.6) is 0 Å². The first-order chi connectivity index (χ1) is 9.90. The van der Waals surface area contributed by atoms with Crippen molar-refractivity contribution in [3.05, 3.63) is 11.9 Å². The maximum Gasteiger partial charge on any atom is 0.451 e. The van der Waals surface area contributed by atoms with Gasteiger partial charge in [-0.2, -0.15) is 13.2 Å². The van der Waals surface area contributed by atoms with Crippen LogP contribution in [0.4, 0.5) is 24.8 Å². The van der Waals surface area contributed by atoms with Crippen molar-refractivity contribution in [1.82, 2.24) is 14.9 Å². The molecule has 0 unspecified atom stereocenters. The van der Waals surface area contributed by atoms with E-state index in [9.17, 15) is 18.0 Å². The fraction of sp³-hybridized carbons (Fsp3) is 0.583. The molecule has 1 saturated heterocycles. The topological polar surface area (TPSA) is 70.2 Å². The summed E-state index contributed by atoms with van der Waals surface area (Å²) in [5.74, 6) is -1.39. The van der Waals surface area contributed by atoms with Gasteiger partial charge in [-0.05, 0) is 12.8 Å². The average Bonchev–Trinajstić information content (AvgIpc) is 2.97. The third-order valence-corrected chi connectivity index (χ3v) is 3.12. The second kappa shape index (κ2) is 6.15. The molecule has 9 heteroatoms. The summed E-state index contributed by atoms with van der Waals surface area (Å²) in [4.78, 5) is 20.3. The van der Waals surface area contributed by atoms with Gasteiger partial charge in [-0.3, -0.25) is 4.79 Å². The summed E-state index contributed by atoms with van der Waals surface area (Å²) >= 11 is 0. The Balaban J connectivity index is 2.06. The van der Waals surface area contributed by atoms with Crippen molar-refractivity contribution in [2.75, 3.05) is 37.3 Å². The molecule has 1 aromatic heterocycles. The van der Waals surface area contributed by atoms with Gasteiger partial charge in [0.2, 0.25) is 11.7 Å². The van der Waals surface area contributed by atoms with Crippen molar-refractivity contribution in [3.63, 3.8) is 0 Å². The summed E-state index contributed by atoms with van der Waals surface area (Å²) < 4.78 is 38.0. The van der Waals surface area contributed by atoms with Crippen molar-refractivity contribution in [1.29, 1.82) is 0 Å². The standard InChI is InChI=1S/C12H16F3N5O/c1-16-8-6-9(19-11(18-8)12(13,14)15)17-7-10(21)20-4-2-3-5-20/h6H,2-5,7H2,1H3,(H2,16,17,18,19). The Morgan fingerprint density at radius 3 is 2.48 bits per heavy atom. The maximum absolute atomic E-state index is 12.7. The number of anilines is 2. The molecule has 1 aromatic rings. The Hall–Kier alpha value is -2.06. The van der Waals surface area contributed by atoms with E-state index in [-0.39, 0.29) is 24.1 Å². The molecule has 2 N–H and O–H groups in total. The SMILES string of the molecule is CNc1cc(NCC(=O)N2CCCC2)nc(C(F)(F)F)n1. The third-order valence-electron chi connectivity index (χ3n) is 3.12. The molecule has 0 aliphatic carbocycles. The van der Waals surface area contributed by atoms with Gasteiger partial charge in [-0.1, -0.05) is 0 Å². The van der Waals surface area contributed by atoms with Crippen molar-refractivity contribution in [2.24, 2.45) is 0 Å². The predicted molar refractivity (Wildman–Crippen MR) is 70.9 cm³/mol. The summed E-state index contributed by atoms with van der Waals surface area (Å²) in [6, 6.07) is 1.33. The van der Waals surface area contributed by atoms with Gasteiger partial charge in [-0.25, -0.2) is 9.97 Å². The molecule has 0 atom stereocenters. The average molecular weight is 303 g/mol. The fourth-order valence-electron chi connectivity index (χ4n) is 2.04. The number of halogens is 3. The Kier molecular flexibility index (Phi) is 4.49. The lowest BCUT2D eigenvalue weighted by Gasteiger charge is -2.16. The Morgan fingerprint density at radius 2 is 1.90 bits per heavy atom. The number of nitrogens with one attached hydrogen (secondary N) is 2. The highest BCUT2D eigenvalue weighted by atomic mass is 19.4. The number of carbonyl (C=O) groups excluding carboxylic acids is 1. The van der Waals surface area contributed by atoms with Crippen LogP contribution in [0, 0.1) is 0 Å². The maximum atomic E-state index is 12.7. The molecule has 0 bridgehead atoms. The predicted octanol–water partition coefficient (Wildman–Crippen LogP) is 1.57. The fourth-order valence-corrected chi connectivity index (χ4v) is 2.04. The molecule has 1 aliphatic rings. The van der Waals surface area contributed by atoms with E-state index in [0.717, 1.165) is 12.8 Å². The van der Waals surface area contributed by atoms with E-state index in [1.165, 1.54) is 13.1 Å². The first-order valence-electron chi connectivity index (χ1n) is 6.56. The molecular weight excluding hydrogens is 287 g/mol. The number of hydrogen-bond donors (Lipinski definition) is 2. The summed E-state index contributed by atoms with van der Waals surface area (Å²) in [6.07, 6.45) is -2.72. The lowest BCUT2D eigenvalue weighted by molar-refractivity contribution is -0.144. The minimum absolute atomic E-state index is 0.0331. The number of nitrogens with zero attached hydrogens (tertiary/aromatic N) is 3. The molecular formula is C12H16F3N5O. The molecule has 2 rings (SSSR count). The zero-order valence-corrected chi connectivity index (χ0v) is 11.5. The van der Waals surface area contributed by atoms with Gasteiger partial charge in [0.25, 0.3) is 0 Å². The molecule has 0 saturated carbocycles. The van der Waals surface area contributed by atoms with E-state index in [4.69, 9.17) is 0 Å². The molecule has 0 spiro atoms. The van der Waals surface area contributed by atoms with Crippen LogP contribution in [0.25, 0.3) is 0 Å². The van der Waals surface area contributed by atoms with Crippen molar-refractivity contribution < 1.29 is 18.0 Å². The van der Waals surface area contributed by atoms with Crippen LogP contribution in [-0.2, 0) is 11.0 Å². The second-order valence-corrected chi connectivity index (χ2v) is 4.65. The van der Waals surface area contributed by atoms with Crippen LogP contribution >= 0.6 is 0 Å². The summed E-state index contributed by atoms with van der Waals surface area (Å²) in [7, 11) is 1.46. The molecule has 0 radical (unpaired) electrons. The highest BCUT2D eigenvalue weighted by Crippen LogP contribution is 2.28. The molecule has 116 valence electrons. The van der Waals surface area contributed by atoms with E-state index in [2.05, 4.69) is 20.6 Å². The summed E-state index contributed by atoms with van der Waals surface area (Å²) in [5.41, 5.74) is 0. The zero-order chi connectivity index (χ0) is 15.5. The Bertz CT molecular complexity index is 514. The number of amides is 1. The van der Waals surface area contributed by atoms with Crippen LogP contribution < -0.4 is 10.6 Å². The number of likely N-dealkylation sites (tertiary alicyclic amines) is 1. The lowest BCUT2D eigenvalue weighted by atomic mass is 10.4. The quantitative estimate of drug-likeness (QED) is 0.883. The molecule has 1 fully saturated rings. The van der Waals surface area contributed by atoms with E-state index in [1.807, 2.05) is 0 Å². The largest absolute Gasteiger partial charge is 0.451 e. The van der Waals surface area contributed by atoms with Gasteiger partial charge in [0, 0.05) is 26.2 Å². The smallest absolute Gasteiger partial charge is 0.373 e. The highest BCUT2D eigenvalue weighted by molar-refractivity contribution is 5.80. The van der Waals surface area contributed by atoms with Crippen molar-refractivity contribution >= 4 is 17.5 Å². The number of rotatable bonds is 4. The van der Waals surface area contributed by atoms with Gasteiger partial charge in [-0.15, -0.1) is 0 Å². The lowest BCUT2D eigenvalue weighted by Crippen LogP contribution is -2.33.